The second-order valence-electron chi connectivity index (χ2n) is 6.07. The molecule has 0 aliphatic rings. The second-order valence-corrected chi connectivity index (χ2v) is 7.04. The summed E-state index contributed by atoms with van der Waals surface area (Å²) in [6, 6.07) is 9.90. The van der Waals surface area contributed by atoms with Crippen molar-refractivity contribution in [2.45, 2.75) is 12.5 Å². The molecule has 0 fully saturated rings. The molecule has 2 aromatic rings. The number of methoxy groups -OCH3 is 1. The number of ether oxygens (including phenoxy) is 2. The second kappa shape index (κ2) is 9.99. The summed E-state index contributed by atoms with van der Waals surface area (Å²) in [4.78, 5) is 15.5. The maximum Gasteiger partial charge on any atom is 0.258 e. The van der Waals surface area contributed by atoms with E-state index in [1.165, 1.54) is 4.88 Å². The van der Waals surface area contributed by atoms with Gasteiger partial charge in [-0.1, -0.05) is 18.2 Å². The number of nitrogens with one attached hydrogen (secondary N) is 1. The van der Waals surface area contributed by atoms with Crippen LogP contribution in [-0.4, -0.2) is 45.2 Å². The molecule has 5 nitrogen and oxygen atoms in total. The fourth-order valence-electron chi connectivity index (χ4n) is 2.55. The summed E-state index contributed by atoms with van der Waals surface area (Å²) in [5.41, 5.74) is 1.08. The van der Waals surface area contributed by atoms with Crippen molar-refractivity contribution in [3.63, 3.8) is 0 Å². The summed E-state index contributed by atoms with van der Waals surface area (Å²) in [7, 11) is 5.59. The molecule has 1 unspecified atom stereocenters. The molecule has 0 aliphatic carbocycles. The zero-order valence-corrected chi connectivity index (χ0v) is 16.3. The topological polar surface area (TPSA) is 50.8 Å². The summed E-state index contributed by atoms with van der Waals surface area (Å²) in [5.74, 6) is 1.01. The largest absolute Gasteiger partial charge is 0.493 e. The van der Waals surface area contributed by atoms with Crippen molar-refractivity contribution < 1.29 is 14.3 Å². The Hall–Kier alpha value is -2.31. The number of likely N-dealkylation sites (N-methyl/N-ethyl adjacent to an activating group) is 1. The maximum atomic E-state index is 12.2. The van der Waals surface area contributed by atoms with Gasteiger partial charge < -0.3 is 19.7 Å². The average molecular weight is 375 g/mol. The minimum absolute atomic E-state index is 0.0538. The molecule has 1 aromatic carbocycles. The van der Waals surface area contributed by atoms with Gasteiger partial charge >= 0.3 is 0 Å². The molecule has 1 N–H and O–H groups in total. The number of nitrogens with zero attached hydrogens (tertiary/aromatic N) is 1. The number of allylic oxidation sites excluding steroid dienone is 1. The monoisotopic (exact) mass is 374 g/mol. The highest BCUT2D eigenvalue weighted by Crippen LogP contribution is 2.28. The number of carbonyl (C=O) groups excluding carboxylic acids is 1. The van der Waals surface area contributed by atoms with Crippen LogP contribution in [0.25, 0.3) is 0 Å². The van der Waals surface area contributed by atoms with E-state index in [1.807, 2.05) is 49.8 Å². The van der Waals surface area contributed by atoms with E-state index in [0.717, 1.165) is 12.0 Å². The first-order chi connectivity index (χ1) is 12.5. The summed E-state index contributed by atoms with van der Waals surface area (Å²) in [5, 5.41) is 4.98. The molecule has 1 aromatic heterocycles. The van der Waals surface area contributed by atoms with Crippen LogP contribution in [-0.2, 0) is 11.2 Å². The summed E-state index contributed by atoms with van der Waals surface area (Å²) in [6.45, 7) is 4.21. The number of thiophene rings is 1. The van der Waals surface area contributed by atoms with Crippen LogP contribution in [0.15, 0.2) is 48.4 Å². The molecular weight excluding hydrogens is 348 g/mol. The third-order valence-electron chi connectivity index (χ3n) is 3.95. The van der Waals surface area contributed by atoms with Gasteiger partial charge in [0.15, 0.2) is 18.1 Å². The van der Waals surface area contributed by atoms with Gasteiger partial charge in [-0.3, -0.25) is 4.79 Å². The lowest BCUT2D eigenvalue weighted by Crippen LogP contribution is -2.36. The van der Waals surface area contributed by atoms with Gasteiger partial charge in [0.25, 0.3) is 5.91 Å². The molecule has 0 saturated carbocycles. The first-order valence-electron chi connectivity index (χ1n) is 8.42. The Morgan fingerprint density at radius 3 is 2.77 bits per heavy atom. The van der Waals surface area contributed by atoms with Gasteiger partial charge in [0.1, 0.15) is 0 Å². The van der Waals surface area contributed by atoms with E-state index in [4.69, 9.17) is 9.47 Å². The summed E-state index contributed by atoms with van der Waals surface area (Å²) < 4.78 is 11.0. The Morgan fingerprint density at radius 1 is 1.35 bits per heavy atom. The van der Waals surface area contributed by atoms with E-state index in [-0.39, 0.29) is 18.6 Å². The molecule has 6 heteroatoms. The lowest BCUT2D eigenvalue weighted by molar-refractivity contribution is -0.123. The molecule has 1 amide bonds. The van der Waals surface area contributed by atoms with Gasteiger partial charge in [-0.25, -0.2) is 0 Å². The van der Waals surface area contributed by atoms with Crippen LogP contribution in [0.2, 0.25) is 0 Å². The Labute approximate surface area is 159 Å². The van der Waals surface area contributed by atoms with Crippen molar-refractivity contribution in [1.29, 1.82) is 0 Å². The van der Waals surface area contributed by atoms with Crippen LogP contribution < -0.4 is 14.8 Å². The minimum Gasteiger partial charge on any atom is -0.493 e. The zero-order valence-electron chi connectivity index (χ0n) is 15.5. The number of rotatable bonds is 10. The van der Waals surface area contributed by atoms with Crippen LogP contribution in [0.4, 0.5) is 0 Å². The molecule has 1 atom stereocenters. The predicted octanol–water partition coefficient (Wildman–Crippen LogP) is 3.28. The molecule has 0 bridgehead atoms. The van der Waals surface area contributed by atoms with Gasteiger partial charge in [-0.2, -0.15) is 0 Å². The fourth-order valence-corrected chi connectivity index (χ4v) is 3.47. The SMILES string of the molecule is C=CCc1ccc(OCC(=O)NCC(c2cccs2)N(C)C)c(OC)c1. The van der Waals surface area contributed by atoms with E-state index in [1.54, 1.807) is 18.4 Å². The Balaban J connectivity index is 1.89. The molecule has 26 heavy (non-hydrogen) atoms. The molecule has 0 radical (unpaired) electrons. The van der Waals surface area contributed by atoms with Crippen LogP contribution in [0.1, 0.15) is 16.5 Å². The number of amides is 1. The Kier molecular flexibility index (Phi) is 7.69. The van der Waals surface area contributed by atoms with Crippen molar-refractivity contribution >= 4 is 17.2 Å². The number of benzene rings is 1. The lowest BCUT2D eigenvalue weighted by atomic mass is 10.1. The van der Waals surface area contributed by atoms with E-state index in [9.17, 15) is 4.79 Å². The normalized spacial score (nSPS) is 11.8. The van der Waals surface area contributed by atoms with Gasteiger partial charge in [-0.05, 0) is 49.7 Å². The highest BCUT2D eigenvalue weighted by atomic mass is 32.1. The summed E-state index contributed by atoms with van der Waals surface area (Å²) in [6.07, 6.45) is 2.59. The summed E-state index contributed by atoms with van der Waals surface area (Å²) >= 11 is 1.68. The third-order valence-corrected chi connectivity index (χ3v) is 4.93. The van der Waals surface area contributed by atoms with Gasteiger partial charge in [0.05, 0.1) is 13.2 Å². The van der Waals surface area contributed by atoms with E-state index in [0.29, 0.717) is 18.0 Å². The first kappa shape index (κ1) is 20.0. The first-order valence-corrected chi connectivity index (χ1v) is 9.30. The molecule has 1 heterocycles. The van der Waals surface area contributed by atoms with Crippen molar-refractivity contribution in [2.75, 3.05) is 34.4 Å². The van der Waals surface area contributed by atoms with Crippen LogP contribution >= 0.6 is 11.3 Å². The van der Waals surface area contributed by atoms with E-state index < -0.39 is 0 Å². The standard InChI is InChI=1S/C20H26N2O3S/c1-5-7-15-9-10-17(18(12-15)24-4)25-14-20(23)21-13-16(22(2)3)19-8-6-11-26-19/h5-6,8-12,16H,1,7,13-14H2,2-4H3,(H,21,23). The maximum absolute atomic E-state index is 12.2. The Bertz CT molecular complexity index is 714. The third kappa shape index (κ3) is 5.61. The van der Waals surface area contributed by atoms with Gasteiger partial charge in [-0.15, -0.1) is 17.9 Å². The number of carbonyl (C=O) groups is 1. The smallest absolute Gasteiger partial charge is 0.258 e. The molecule has 0 saturated heterocycles. The van der Waals surface area contributed by atoms with Gasteiger partial charge in [0, 0.05) is 11.4 Å². The van der Waals surface area contributed by atoms with E-state index in [2.05, 4.69) is 22.9 Å². The van der Waals surface area contributed by atoms with Crippen molar-refractivity contribution in [1.82, 2.24) is 10.2 Å². The number of hydrogen-bond donors (Lipinski definition) is 1. The molecular formula is C20H26N2O3S. The van der Waals surface area contributed by atoms with E-state index >= 15 is 0 Å². The Morgan fingerprint density at radius 2 is 2.15 bits per heavy atom. The zero-order chi connectivity index (χ0) is 18.9. The van der Waals surface area contributed by atoms with Crippen LogP contribution in [0.3, 0.4) is 0 Å². The van der Waals surface area contributed by atoms with Crippen molar-refractivity contribution in [2.24, 2.45) is 0 Å². The molecule has 140 valence electrons. The van der Waals surface area contributed by atoms with Crippen LogP contribution in [0, 0.1) is 0 Å². The fraction of sp³-hybridized carbons (Fsp3) is 0.350. The molecule has 2 rings (SSSR count). The van der Waals surface area contributed by atoms with Crippen molar-refractivity contribution in [3.8, 4) is 11.5 Å². The minimum atomic E-state index is -0.161. The predicted molar refractivity (Wildman–Crippen MR) is 106 cm³/mol. The quantitative estimate of drug-likeness (QED) is 0.649. The lowest BCUT2D eigenvalue weighted by Gasteiger charge is -2.23. The van der Waals surface area contributed by atoms with Crippen LogP contribution in [0.5, 0.6) is 11.5 Å². The number of hydrogen-bond acceptors (Lipinski definition) is 5. The highest BCUT2D eigenvalue weighted by molar-refractivity contribution is 7.10. The van der Waals surface area contributed by atoms with Gasteiger partial charge in [0.2, 0.25) is 0 Å². The van der Waals surface area contributed by atoms with Crippen molar-refractivity contribution in [3.05, 3.63) is 58.8 Å². The molecule has 0 aliphatic heterocycles. The molecule has 0 spiro atoms. The highest BCUT2D eigenvalue weighted by Gasteiger charge is 2.16. The average Bonchev–Trinajstić information content (AvgIpc) is 3.15.